The third kappa shape index (κ3) is 2.11. The van der Waals surface area contributed by atoms with Gasteiger partial charge in [-0.2, -0.15) is 0 Å². The molecule has 0 fully saturated rings. The first-order valence-electron chi connectivity index (χ1n) is 6.57. The highest BCUT2D eigenvalue weighted by atomic mass is 16.5. The summed E-state index contributed by atoms with van der Waals surface area (Å²) >= 11 is 0. The Balaban J connectivity index is 2.13. The lowest BCUT2D eigenvalue weighted by atomic mass is 10.1. The molecule has 0 saturated heterocycles. The number of hydrogen-bond acceptors (Lipinski definition) is 4. The van der Waals surface area contributed by atoms with E-state index in [1.165, 1.54) is 0 Å². The van der Waals surface area contributed by atoms with Crippen LogP contribution >= 0.6 is 0 Å². The van der Waals surface area contributed by atoms with E-state index in [1.54, 1.807) is 31.3 Å². The van der Waals surface area contributed by atoms with E-state index in [2.05, 4.69) is 0 Å². The number of methoxy groups -OCH3 is 2. The summed E-state index contributed by atoms with van der Waals surface area (Å²) in [4.78, 5) is 14.1. The van der Waals surface area contributed by atoms with Crippen LogP contribution in [0.3, 0.4) is 0 Å². The summed E-state index contributed by atoms with van der Waals surface area (Å²) < 4.78 is 10.5. The second kappa shape index (κ2) is 5.10. The van der Waals surface area contributed by atoms with Gasteiger partial charge in [-0.15, -0.1) is 0 Å². The van der Waals surface area contributed by atoms with Gasteiger partial charge in [0.05, 0.1) is 25.6 Å². The van der Waals surface area contributed by atoms with Gasteiger partial charge >= 0.3 is 0 Å². The molecule has 1 heterocycles. The maximum atomic E-state index is 12.5. The molecule has 108 valence electrons. The molecule has 2 aromatic carbocycles. The number of amides is 1. The zero-order valence-electron chi connectivity index (χ0n) is 11.9. The van der Waals surface area contributed by atoms with Crippen molar-refractivity contribution in [2.75, 3.05) is 19.1 Å². The van der Waals surface area contributed by atoms with Crippen LogP contribution in [0.4, 0.5) is 11.4 Å². The molecule has 5 heteroatoms. The summed E-state index contributed by atoms with van der Waals surface area (Å²) in [7, 11) is 3.18. The van der Waals surface area contributed by atoms with Crippen LogP contribution in [0.5, 0.6) is 11.5 Å². The highest BCUT2D eigenvalue weighted by Crippen LogP contribution is 2.42. The first kappa shape index (κ1) is 13.5. The summed E-state index contributed by atoms with van der Waals surface area (Å²) in [5.74, 6) is 1.21. The van der Waals surface area contributed by atoms with Crippen LogP contribution in [0, 0.1) is 0 Å². The van der Waals surface area contributed by atoms with Crippen LogP contribution in [0.1, 0.15) is 11.6 Å². The Morgan fingerprint density at radius 2 is 1.76 bits per heavy atom. The molecule has 0 aromatic heterocycles. The molecule has 1 unspecified atom stereocenters. The number of rotatable bonds is 3. The molecule has 0 saturated carbocycles. The fourth-order valence-corrected chi connectivity index (χ4v) is 2.51. The number of nitrogens with zero attached hydrogens (tertiary/aromatic N) is 1. The normalized spacial score (nSPS) is 16.8. The van der Waals surface area contributed by atoms with Crippen LogP contribution in [-0.4, -0.2) is 20.1 Å². The molecular formula is C16H16N2O3. The summed E-state index contributed by atoms with van der Waals surface area (Å²) in [6, 6.07) is 12.1. The predicted octanol–water partition coefficient (Wildman–Crippen LogP) is 2.38. The Morgan fingerprint density at radius 1 is 1.05 bits per heavy atom. The minimum absolute atomic E-state index is 0.161. The SMILES string of the molecule is COc1cccc(N2C(=O)C(N)c3ccc(OC)cc32)c1. The highest BCUT2D eigenvalue weighted by molar-refractivity contribution is 6.10. The van der Waals surface area contributed by atoms with Gasteiger partial charge in [-0.3, -0.25) is 9.69 Å². The van der Waals surface area contributed by atoms with Crippen molar-refractivity contribution in [2.45, 2.75) is 6.04 Å². The Hall–Kier alpha value is -2.53. The fraction of sp³-hybridized carbons (Fsp3) is 0.188. The van der Waals surface area contributed by atoms with E-state index in [1.807, 2.05) is 30.3 Å². The number of carbonyl (C=O) groups excluding carboxylic acids is 1. The Kier molecular flexibility index (Phi) is 3.27. The Bertz CT molecular complexity index is 700. The van der Waals surface area contributed by atoms with Crippen LogP contribution in [0.15, 0.2) is 42.5 Å². The zero-order valence-corrected chi connectivity index (χ0v) is 11.9. The van der Waals surface area contributed by atoms with Crippen LogP contribution in [-0.2, 0) is 4.79 Å². The first-order chi connectivity index (χ1) is 10.2. The standard InChI is InChI=1S/C16H16N2O3/c1-20-11-5-3-4-10(8-11)18-14-9-12(21-2)6-7-13(14)15(17)16(18)19/h3-9,15H,17H2,1-2H3. The number of anilines is 2. The number of benzene rings is 2. The van der Waals surface area contributed by atoms with Gasteiger partial charge in [-0.1, -0.05) is 12.1 Å². The summed E-state index contributed by atoms with van der Waals surface area (Å²) in [6.07, 6.45) is 0. The third-order valence-corrected chi connectivity index (χ3v) is 3.61. The lowest BCUT2D eigenvalue weighted by Crippen LogP contribution is -2.27. The van der Waals surface area contributed by atoms with E-state index in [4.69, 9.17) is 15.2 Å². The second-order valence-corrected chi connectivity index (χ2v) is 4.78. The molecule has 3 rings (SSSR count). The van der Waals surface area contributed by atoms with Crippen molar-refractivity contribution in [3.63, 3.8) is 0 Å². The quantitative estimate of drug-likeness (QED) is 0.940. The van der Waals surface area contributed by atoms with Crippen molar-refractivity contribution in [2.24, 2.45) is 5.73 Å². The topological polar surface area (TPSA) is 64.8 Å². The van der Waals surface area contributed by atoms with E-state index in [-0.39, 0.29) is 5.91 Å². The smallest absolute Gasteiger partial charge is 0.253 e. The van der Waals surface area contributed by atoms with Crippen LogP contribution < -0.4 is 20.1 Å². The molecular weight excluding hydrogens is 268 g/mol. The number of nitrogens with two attached hydrogens (primary N) is 1. The van der Waals surface area contributed by atoms with E-state index in [9.17, 15) is 4.79 Å². The predicted molar refractivity (Wildman–Crippen MR) is 80.1 cm³/mol. The van der Waals surface area contributed by atoms with Crippen molar-refractivity contribution >= 4 is 17.3 Å². The second-order valence-electron chi connectivity index (χ2n) is 4.78. The van der Waals surface area contributed by atoms with E-state index in [0.29, 0.717) is 11.5 Å². The van der Waals surface area contributed by atoms with Gasteiger partial charge in [0, 0.05) is 17.7 Å². The van der Waals surface area contributed by atoms with Gasteiger partial charge in [0.15, 0.2) is 0 Å². The maximum absolute atomic E-state index is 12.5. The molecule has 0 radical (unpaired) electrons. The molecule has 0 aliphatic carbocycles. The molecule has 1 aliphatic rings. The zero-order chi connectivity index (χ0) is 15.0. The minimum atomic E-state index is -0.655. The first-order valence-corrected chi connectivity index (χ1v) is 6.57. The Morgan fingerprint density at radius 3 is 2.48 bits per heavy atom. The molecule has 21 heavy (non-hydrogen) atoms. The van der Waals surface area contributed by atoms with E-state index < -0.39 is 6.04 Å². The van der Waals surface area contributed by atoms with Crippen molar-refractivity contribution < 1.29 is 14.3 Å². The van der Waals surface area contributed by atoms with E-state index >= 15 is 0 Å². The fourth-order valence-electron chi connectivity index (χ4n) is 2.51. The largest absolute Gasteiger partial charge is 0.497 e. The summed E-state index contributed by atoms with van der Waals surface area (Å²) in [6.45, 7) is 0. The minimum Gasteiger partial charge on any atom is -0.497 e. The van der Waals surface area contributed by atoms with Crippen molar-refractivity contribution in [3.8, 4) is 11.5 Å². The van der Waals surface area contributed by atoms with Gasteiger partial charge in [0.1, 0.15) is 17.5 Å². The third-order valence-electron chi connectivity index (χ3n) is 3.61. The van der Waals surface area contributed by atoms with Gasteiger partial charge < -0.3 is 15.2 Å². The molecule has 1 amide bonds. The van der Waals surface area contributed by atoms with Crippen molar-refractivity contribution in [1.82, 2.24) is 0 Å². The van der Waals surface area contributed by atoms with E-state index in [0.717, 1.165) is 16.9 Å². The van der Waals surface area contributed by atoms with Gasteiger partial charge in [0.25, 0.3) is 5.91 Å². The number of ether oxygens (including phenoxy) is 2. The van der Waals surface area contributed by atoms with Gasteiger partial charge in [0.2, 0.25) is 0 Å². The molecule has 5 nitrogen and oxygen atoms in total. The number of carbonyl (C=O) groups is 1. The molecule has 0 bridgehead atoms. The van der Waals surface area contributed by atoms with Gasteiger partial charge in [-0.25, -0.2) is 0 Å². The average molecular weight is 284 g/mol. The summed E-state index contributed by atoms with van der Waals surface area (Å²) in [5, 5.41) is 0. The van der Waals surface area contributed by atoms with Crippen LogP contribution in [0.25, 0.3) is 0 Å². The molecule has 2 N–H and O–H groups in total. The monoisotopic (exact) mass is 284 g/mol. The maximum Gasteiger partial charge on any atom is 0.253 e. The molecule has 1 atom stereocenters. The Labute approximate surface area is 122 Å². The van der Waals surface area contributed by atoms with Gasteiger partial charge in [-0.05, 0) is 18.2 Å². The summed E-state index contributed by atoms with van der Waals surface area (Å²) in [5.41, 5.74) is 8.29. The molecule has 1 aliphatic heterocycles. The number of hydrogen-bond donors (Lipinski definition) is 1. The lowest BCUT2D eigenvalue weighted by Gasteiger charge is -2.18. The van der Waals surface area contributed by atoms with Crippen molar-refractivity contribution in [3.05, 3.63) is 48.0 Å². The number of fused-ring (bicyclic) bond motifs is 1. The average Bonchev–Trinajstić information content (AvgIpc) is 2.78. The van der Waals surface area contributed by atoms with Crippen molar-refractivity contribution in [1.29, 1.82) is 0 Å². The lowest BCUT2D eigenvalue weighted by molar-refractivity contribution is -0.118. The van der Waals surface area contributed by atoms with Crippen LogP contribution in [0.2, 0.25) is 0 Å². The molecule has 0 spiro atoms. The molecule has 2 aromatic rings. The highest BCUT2D eigenvalue weighted by Gasteiger charge is 2.36.